The molecule has 0 amide bonds. The summed E-state index contributed by atoms with van der Waals surface area (Å²) in [7, 11) is 0. The highest BCUT2D eigenvalue weighted by atomic mass is 32.1. The predicted octanol–water partition coefficient (Wildman–Crippen LogP) is 3.02. The van der Waals surface area contributed by atoms with Crippen molar-refractivity contribution in [2.45, 2.75) is 6.04 Å². The molecule has 0 spiro atoms. The van der Waals surface area contributed by atoms with E-state index in [0.717, 1.165) is 31.1 Å². The van der Waals surface area contributed by atoms with E-state index in [1.807, 2.05) is 17.5 Å². The minimum Gasteiger partial charge on any atom is -0.314 e. The molecule has 0 aliphatic carbocycles. The van der Waals surface area contributed by atoms with E-state index >= 15 is 0 Å². The lowest BCUT2D eigenvalue weighted by molar-refractivity contribution is 0.194. The molecule has 0 bridgehead atoms. The molecule has 1 saturated heterocycles. The van der Waals surface area contributed by atoms with Crippen LogP contribution < -0.4 is 5.32 Å². The van der Waals surface area contributed by atoms with E-state index in [1.54, 1.807) is 11.3 Å². The van der Waals surface area contributed by atoms with Crippen LogP contribution in [0.1, 0.15) is 16.5 Å². The largest absolute Gasteiger partial charge is 0.314 e. The van der Waals surface area contributed by atoms with Crippen molar-refractivity contribution in [3.63, 3.8) is 0 Å². The van der Waals surface area contributed by atoms with Crippen molar-refractivity contribution in [1.82, 2.24) is 10.2 Å². The monoisotopic (exact) mass is 294 g/mol. The van der Waals surface area contributed by atoms with Gasteiger partial charge in [0.2, 0.25) is 0 Å². The molecule has 1 atom stereocenters. The molecule has 2 aromatic rings. The molecule has 1 N–H and O–H groups in total. The summed E-state index contributed by atoms with van der Waals surface area (Å²) in [6.07, 6.45) is 0. The Labute approximate surface area is 121 Å². The first-order valence-electron chi connectivity index (χ1n) is 6.69. The molecule has 2 nitrogen and oxygen atoms in total. The van der Waals surface area contributed by atoms with Crippen molar-refractivity contribution in [2.24, 2.45) is 0 Å². The third-order valence-corrected chi connectivity index (χ3v) is 4.53. The van der Waals surface area contributed by atoms with E-state index < -0.39 is 11.6 Å². The Balaban J connectivity index is 2.05. The molecule has 0 radical (unpaired) electrons. The Morgan fingerprint density at radius 1 is 1.05 bits per heavy atom. The number of rotatable bonds is 3. The summed E-state index contributed by atoms with van der Waals surface area (Å²) >= 11 is 1.54. The Bertz CT molecular complexity index is 545. The van der Waals surface area contributed by atoms with Crippen LogP contribution in [0.4, 0.5) is 8.78 Å². The number of thiophene rings is 1. The van der Waals surface area contributed by atoms with E-state index in [-0.39, 0.29) is 11.6 Å². The fourth-order valence-corrected chi connectivity index (χ4v) is 3.53. The summed E-state index contributed by atoms with van der Waals surface area (Å²) < 4.78 is 28.3. The maximum Gasteiger partial charge on any atom is 0.131 e. The van der Waals surface area contributed by atoms with Crippen molar-refractivity contribution in [3.8, 4) is 0 Å². The zero-order valence-electron chi connectivity index (χ0n) is 11.0. The minimum atomic E-state index is -0.470. The van der Waals surface area contributed by atoms with Crippen LogP contribution in [-0.4, -0.2) is 31.1 Å². The van der Waals surface area contributed by atoms with Gasteiger partial charge in [-0.1, -0.05) is 12.1 Å². The summed E-state index contributed by atoms with van der Waals surface area (Å²) in [5.74, 6) is -0.941. The smallest absolute Gasteiger partial charge is 0.131 e. The van der Waals surface area contributed by atoms with Gasteiger partial charge in [0.15, 0.2) is 0 Å². The summed E-state index contributed by atoms with van der Waals surface area (Å²) in [6.45, 7) is 3.27. The third kappa shape index (κ3) is 2.61. The van der Waals surface area contributed by atoms with Crippen molar-refractivity contribution >= 4 is 11.3 Å². The molecule has 1 aliphatic rings. The quantitative estimate of drug-likeness (QED) is 0.936. The fourth-order valence-electron chi connectivity index (χ4n) is 2.66. The van der Waals surface area contributed by atoms with Gasteiger partial charge in [0.05, 0.1) is 6.04 Å². The maximum atomic E-state index is 14.2. The van der Waals surface area contributed by atoms with Crippen molar-refractivity contribution in [2.75, 3.05) is 26.2 Å². The molecule has 1 aromatic heterocycles. The molecule has 5 heteroatoms. The predicted molar refractivity (Wildman–Crippen MR) is 77.0 cm³/mol. The fraction of sp³-hybridized carbons (Fsp3) is 0.333. The molecule has 2 heterocycles. The first-order chi connectivity index (χ1) is 9.77. The summed E-state index contributed by atoms with van der Waals surface area (Å²) in [4.78, 5) is 3.13. The van der Waals surface area contributed by atoms with Crippen molar-refractivity contribution < 1.29 is 8.78 Å². The molecular formula is C15H16F2N2S. The van der Waals surface area contributed by atoms with Crippen LogP contribution in [0, 0.1) is 11.6 Å². The number of benzene rings is 1. The van der Waals surface area contributed by atoms with Gasteiger partial charge in [-0.05, 0) is 23.6 Å². The van der Waals surface area contributed by atoms with Gasteiger partial charge < -0.3 is 5.32 Å². The van der Waals surface area contributed by atoms with Gasteiger partial charge in [0.1, 0.15) is 11.6 Å². The SMILES string of the molecule is Fc1cccc(F)c1[C@H](c1cccs1)N1CCNCC1. The Kier molecular flexibility index (Phi) is 4.10. The lowest BCUT2D eigenvalue weighted by Crippen LogP contribution is -2.45. The molecule has 1 fully saturated rings. The van der Waals surface area contributed by atoms with Crippen LogP contribution in [-0.2, 0) is 0 Å². The molecule has 1 aromatic carbocycles. The average molecular weight is 294 g/mol. The van der Waals surface area contributed by atoms with Crippen LogP contribution in [0.15, 0.2) is 35.7 Å². The van der Waals surface area contributed by atoms with Gasteiger partial charge in [0.25, 0.3) is 0 Å². The molecule has 0 unspecified atom stereocenters. The summed E-state index contributed by atoms with van der Waals surface area (Å²) in [5, 5.41) is 5.22. The van der Waals surface area contributed by atoms with E-state index in [0.29, 0.717) is 0 Å². The highest BCUT2D eigenvalue weighted by Crippen LogP contribution is 2.34. The van der Waals surface area contributed by atoms with E-state index in [4.69, 9.17) is 0 Å². The van der Waals surface area contributed by atoms with Crippen LogP contribution >= 0.6 is 11.3 Å². The highest BCUT2D eigenvalue weighted by Gasteiger charge is 2.29. The number of halogens is 2. The Morgan fingerprint density at radius 3 is 2.35 bits per heavy atom. The van der Waals surface area contributed by atoms with Gasteiger partial charge in [-0.25, -0.2) is 8.78 Å². The van der Waals surface area contributed by atoms with Gasteiger partial charge in [-0.15, -0.1) is 11.3 Å². The van der Waals surface area contributed by atoms with Crippen LogP contribution in [0.3, 0.4) is 0 Å². The zero-order valence-corrected chi connectivity index (χ0v) is 11.8. The van der Waals surface area contributed by atoms with E-state index in [9.17, 15) is 8.78 Å². The number of piperazine rings is 1. The second-order valence-electron chi connectivity index (χ2n) is 4.84. The van der Waals surface area contributed by atoms with Gasteiger partial charge in [-0.2, -0.15) is 0 Å². The normalized spacial score (nSPS) is 18.1. The first-order valence-corrected chi connectivity index (χ1v) is 7.57. The van der Waals surface area contributed by atoms with E-state index in [2.05, 4.69) is 10.2 Å². The lowest BCUT2D eigenvalue weighted by Gasteiger charge is -2.35. The maximum absolute atomic E-state index is 14.2. The number of hydrogen-bond donors (Lipinski definition) is 1. The first kappa shape index (κ1) is 13.7. The third-order valence-electron chi connectivity index (χ3n) is 3.60. The second-order valence-corrected chi connectivity index (χ2v) is 5.82. The topological polar surface area (TPSA) is 15.3 Å². The van der Waals surface area contributed by atoms with Crippen molar-refractivity contribution in [1.29, 1.82) is 0 Å². The molecule has 3 rings (SSSR count). The van der Waals surface area contributed by atoms with Gasteiger partial charge >= 0.3 is 0 Å². The second kappa shape index (κ2) is 5.99. The summed E-state index contributed by atoms with van der Waals surface area (Å²) in [5.41, 5.74) is 0.164. The Hall–Kier alpha value is -1.30. The Morgan fingerprint density at radius 2 is 1.75 bits per heavy atom. The van der Waals surface area contributed by atoms with Gasteiger partial charge in [-0.3, -0.25) is 4.90 Å². The van der Waals surface area contributed by atoms with Crippen LogP contribution in [0.5, 0.6) is 0 Å². The molecule has 1 aliphatic heterocycles. The standard InChI is InChI=1S/C15H16F2N2S/c16-11-3-1-4-12(17)14(11)15(13-5-2-10-20-13)19-8-6-18-7-9-19/h1-5,10,15,18H,6-9H2/t15-/m0/s1. The molecular weight excluding hydrogens is 278 g/mol. The lowest BCUT2D eigenvalue weighted by atomic mass is 10.0. The molecule has 20 heavy (non-hydrogen) atoms. The molecule has 0 saturated carbocycles. The number of hydrogen-bond acceptors (Lipinski definition) is 3. The summed E-state index contributed by atoms with van der Waals surface area (Å²) in [6, 6.07) is 7.62. The highest BCUT2D eigenvalue weighted by molar-refractivity contribution is 7.10. The van der Waals surface area contributed by atoms with Gasteiger partial charge in [0, 0.05) is 36.6 Å². The number of nitrogens with one attached hydrogen (secondary N) is 1. The van der Waals surface area contributed by atoms with E-state index in [1.165, 1.54) is 18.2 Å². The van der Waals surface area contributed by atoms with Crippen molar-refractivity contribution in [3.05, 3.63) is 57.8 Å². The van der Waals surface area contributed by atoms with Crippen LogP contribution in [0.2, 0.25) is 0 Å². The minimum absolute atomic E-state index is 0.164. The average Bonchev–Trinajstić information content (AvgIpc) is 2.98. The van der Waals surface area contributed by atoms with Crippen LogP contribution in [0.25, 0.3) is 0 Å². The zero-order chi connectivity index (χ0) is 13.9. The molecule has 106 valence electrons. The number of nitrogens with zero attached hydrogens (tertiary/aromatic N) is 1.